The number of aromatic amines is 1. The van der Waals surface area contributed by atoms with Gasteiger partial charge in [-0.1, -0.05) is 0 Å². The monoisotopic (exact) mass is 330 g/mol. The minimum atomic E-state index is -4.78. The van der Waals surface area contributed by atoms with Gasteiger partial charge in [-0.25, -0.2) is 0 Å². The molecule has 0 radical (unpaired) electrons. The van der Waals surface area contributed by atoms with E-state index in [-0.39, 0.29) is 17.5 Å². The minimum absolute atomic E-state index is 0.0735. The fraction of sp³-hybridized carbons (Fsp3) is 0.600. The molecule has 1 aromatic heterocycles. The van der Waals surface area contributed by atoms with Crippen molar-refractivity contribution in [2.45, 2.75) is 31.5 Å². The van der Waals surface area contributed by atoms with Crippen LogP contribution >= 0.6 is 0 Å². The quantitative estimate of drug-likeness (QED) is 0.919. The van der Waals surface area contributed by atoms with Crippen LogP contribution in [0.25, 0.3) is 0 Å². The van der Waals surface area contributed by atoms with Gasteiger partial charge in [0.25, 0.3) is 11.5 Å². The summed E-state index contributed by atoms with van der Waals surface area (Å²) in [5.74, 6) is -0.259. The maximum Gasteiger partial charge on any atom is 0.421 e. The Kier molecular flexibility index (Phi) is 4.18. The fourth-order valence-corrected chi connectivity index (χ4v) is 2.77. The summed E-state index contributed by atoms with van der Waals surface area (Å²) >= 11 is 0. The molecular formula is C15H17F3N2O3. The molecule has 5 nitrogen and oxygen atoms in total. The Morgan fingerprint density at radius 3 is 2.65 bits per heavy atom. The highest BCUT2D eigenvalue weighted by molar-refractivity contribution is 5.94. The number of hydrogen-bond acceptors (Lipinski definition) is 3. The van der Waals surface area contributed by atoms with Crippen LogP contribution in [0, 0.1) is 5.92 Å². The number of carbonyl (C=O) groups is 1. The molecule has 1 saturated heterocycles. The van der Waals surface area contributed by atoms with Gasteiger partial charge < -0.3 is 14.6 Å². The number of rotatable bonds is 4. The summed E-state index contributed by atoms with van der Waals surface area (Å²) in [7, 11) is 0. The third-order valence-electron chi connectivity index (χ3n) is 4.18. The van der Waals surface area contributed by atoms with Crippen LogP contribution in [0.1, 0.15) is 35.2 Å². The first-order valence-corrected chi connectivity index (χ1v) is 7.55. The highest BCUT2D eigenvalue weighted by atomic mass is 19.4. The summed E-state index contributed by atoms with van der Waals surface area (Å²) < 4.78 is 43.8. The molecule has 1 aliphatic carbocycles. The van der Waals surface area contributed by atoms with E-state index in [1.54, 1.807) is 4.90 Å². The number of nitrogens with one attached hydrogen (secondary N) is 1. The SMILES string of the molecule is O=C(c1c[nH]c(=O)c(C(F)(F)F)c1)N(CC1CCOC1)C1CC1. The van der Waals surface area contributed by atoms with Crippen molar-refractivity contribution in [3.8, 4) is 0 Å². The van der Waals surface area contributed by atoms with Gasteiger partial charge in [0.15, 0.2) is 0 Å². The van der Waals surface area contributed by atoms with Gasteiger partial charge in [-0.15, -0.1) is 0 Å². The van der Waals surface area contributed by atoms with Gasteiger partial charge in [0.2, 0.25) is 0 Å². The molecule has 1 atom stereocenters. The molecule has 0 aromatic carbocycles. The molecule has 1 amide bonds. The largest absolute Gasteiger partial charge is 0.421 e. The zero-order chi connectivity index (χ0) is 16.6. The van der Waals surface area contributed by atoms with Gasteiger partial charge in [0, 0.05) is 31.3 Å². The molecule has 2 aliphatic rings. The lowest BCUT2D eigenvalue weighted by molar-refractivity contribution is -0.138. The molecule has 1 aliphatic heterocycles. The van der Waals surface area contributed by atoms with E-state index in [1.165, 1.54) is 0 Å². The van der Waals surface area contributed by atoms with Gasteiger partial charge in [-0.2, -0.15) is 13.2 Å². The second-order valence-corrected chi connectivity index (χ2v) is 6.05. The van der Waals surface area contributed by atoms with Crippen LogP contribution in [0.5, 0.6) is 0 Å². The Hall–Kier alpha value is -1.83. The Morgan fingerprint density at radius 1 is 1.35 bits per heavy atom. The highest BCUT2D eigenvalue weighted by Crippen LogP contribution is 2.31. The first-order chi connectivity index (χ1) is 10.9. The predicted molar refractivity (Wildman–Crippen MR) is 75.0 cm³/mol. The summed E-state index contributed by atoms with van der Waals surface area (Å²) in [6, 6.07) is 0.714. The molecule has 3 rings (SSSR count). The Labute approximate surface area is 130 Å². The number of H-pyrrole nitrogens is 1. The number of hydrogen-bond donors (Lipinski definition) is 1. The Morgan fingerprint density at radius 2 is 2.09 bits per heavy atom. The maximum absolute atomic E-state index is 12.8. The molecular weight excluding hydrogens is 313 g/mol. The lowest BCUT2D eigenvalue weighted by atomic mass is 10.1. The topological polar surface area (TPSA) is 62.4 Å². The molecule has 2 fully saturated rings. The number of pyridine rings is 1. The molecule has 0 bridgehead atoms. The van der Waals surface area contributed by atoms with E-state index in [2.05, 4.69) is 0 Å². The smallest absolute Gasteiger partial charge is 0.381 e. The average Bonchev–Trinajstić information content (AvgIpc) is 3.20. The van der Waals surface area contributed by atoms with Gasteiger partial charge in [-0.05, 0) is 25.3 Å². The van der Waals surface area contributed by atoms with Crippen LogP contribution in [0.3, 0.4) is 0 Å². The summed E-state index contributed by atoms with van der Waals surface area (Å²) in [4.78, 5) is 27.6. The van der Waals surface area contributed by atoms with E-state index in [0.29, 0.717) is 25.8 Å². The van der Waals surface area contributed by atoms with Gasteiger partial charge >= 0.3 is 6.18 Å². The molecule has 1 aromatic rings. The number of nitrogens with zero attached hydrogens (tertiary/aromatic N) is 1. The molecule has 23 heavy (non-hydrogen) atoms. The highest BCUT2D eigenvalue weighted by Gasteiger charge is 2.38. The van der Waals surface area contributed by atoms with E-state index >= 15 is 0 Å². The van der Waals surface area contributed by atoms with Crippen LogP contribution in [0.15, 0.2) is 17.1 Å². The standard InChI is InChI=1S/C15H17F3N2O3/c16-15(17,18)12-5-10(6-19-13(12)21)14(22)20(11-1-2-11)7-9-3-4-23-8-9/h5-6,9,11H,1-4,7-8H2,(H,19,21). The normalized spacial score (nSPS) is 21.4. The van der Waals surface area contributed by atoms with Crippen molar-refractivity contribution < 1.29 is 22.7 Å². The Bertz CT molecular complexity index is 646. The van der Waals surface area contributed by atoms with E-state index in [0.717, 1.165) is 25.5 Å². The van der Waals surface area contributed by atoms with Crippen LogP contribution < -0.4 is 5.56 Å². The number of amides is 1. The summed E-state index contributed by atoms with van der Waals surface area (Å²) in [5.41, 5.74) is -2.72. The second kappa shape index (κ2) is 5.99. The molecule has 126 valence electrons. The summed E-state index contributed by atoms with van der Waals surface area (Å²) in [6.07, 6.45) is -1.17. The maximum atomic E-state index is 12.8. The van der Waals surface area contributed by atoms with Crippen molar-refractivity contribution in [1.82, 2.24) is 9.88 Å². The molecule has 2 heterocycles. The Balaban J connectivity index is 1.83. The predicted octanol–water partition coefficient (Wildman–Crippen LogP) is 2.03. The average molecular weight is 330 g/mol. The zero-order valence-corrected chi connectivity index (χ0v) is 12.4. The first kappa shape index (κ1) is 16.0. The van der Waals surface area contributed by atoms with E-state index < -0.39 is 23.2 Å². The van der Waals surface area contributed by atoms with Crippen LogP contribution in [0.2, 0.25) is 0 Å². The van der Waals surface area contributed by atoms with E-state index in [9.17, 15) is 22.8 Å². The van der Waals surface area contributed by atoms with Crippen molar-refractivity contribution >= 4 is 5.91 Å². The lowest BCUT2D eigenvalue weighted by Crippen LogP contribution is -2.38. The number of carbonyl (C=O) groups excluding carboxylic acids is 1. The molecule has 0 spiro atoms. The minimum Gasteiger partial charge on any atom is -0.381 e. The van der Waals surface area contributed by atoms with Crippen molar-refractivity contribution in [3.63, 3.8) is 0 Å². The van der Waals surface area contributed by atoms with Crippen molar-refractivity contribution in [1.29, 1.82) is 0 Å². The lowest BCUT2D eigenvalue weighted by Gasteiger charge is -2.25. The van der Waals surface area contributed by atoms with Crippen molar-refractivity contribution in [2.24, 2.45) is 5.92 Å². The number of aromatic nitrogens is 1. The number of ether oxygens (including phenoxy) is 1. The number of halogens is 3. The fourth-order valence-electron chi connectivity index (χ4n) is 2.77. The third kappa shape index (κ3) is 3.57. The molecule has 8 heteroatoms. The molecule has 1 saturated carbocycles. The van der Waals surface area contributed by atoms with Crippen LogP contribution in [0.4, 0.5) is 13.2 Å². The van der Waals surface area contributed by atoms with Crippen molar-refractivity contribution in [2.75, 3.05) is 19.8 Å². The second-order valence-electron chi connectivity index (χ2n) is 6.05. The number of alkyl halides is 3. The first-order valence-electron chi connectivity index (χ1n) is 7.55. The summed E-state index contributed by atoms with van der Waals surface area (Å²) in [6.45, 7) is 1.69. The van der Waals surface area contributed by atoms with Crippen LogP contribution in [-0.2, 0) is 10.9 Å². The van der Waals surface area contributed by atoms with Gasteiger partial charge in [0.1, 0.15) is 5.56 Å². The van der Waals surface area contributed by atoms with E-state index in [1.807, 2.05) is 4.98 Å². The van der Waals surface area contributed by atoms with Crippen molar-refractivity contribution in [3.05, 3.63) is 33.7 Å². The van der Waals surface area contributed by atoms with Gasteiger partial charge in [0.05, 0.1) is 12.2 Å². The van der Waals surface area contributed by atoms with Crippen LogP contribution in [-0.4, -0.2) is 41.6 Å². The third-order valence-corrected chi connectivity index (χ3v) is 4.18. The zero-order valence-electron chi connectivity index (χ0n) is 12.4. The van der Waals surface area contributed by atoms with Gasteiger partial charge in [-0.3, -0.25) is 9.59 Å². The van der Waals surface area contributed by atoms with E-state index in [4.69, 9.17) is 4.74 Å². The molecule has 1 unspecified atom stereocenters. The summed E-state index contributed by atoms with van der Waals surface area (Å²) in [5, 5.41) is 0. The molecule has 1 N–H and O–H groups in total.